The monoisotopic (exact) mass is 244 g/mol. The van der Waals surface area contributed by atoms with E-state index in [2.05, 4.69) is 29.5 Å². The van der Waals surface area contributed by atoms with E-state index in [0.717, 1.165) is 0 Å². The summed E-state index contributed by atoms with van der Waals surface area (Å²) in [4.78, 5) is 11.7. The fourth-order valence-electron chi connectivity index (χ4n) is 1.70. The molecule has 2 rings (SSSR count). The minimum atomic E-state index is -0.224. The maximum absolute atomic E-state index is 11.7. The van der Waals surface area contributed by atoms with Gasteiger partial charge in [-0.25, -0.2) is 0 Å². The van der Waals surface area contributed by atoms with Crippen LogP contribution in [-0.2, 0) is 0 Å². The Morgan fingerprint density at radius 1 is 1.39 bits per heavy atom. The van der Waals surface area contributed by atoms with Crippen LogP contribution in [0.2, 0.25) is 0 Å². The average Bonchev–Trinajstić information content (AvgIpc) is 2.83. The van der Waals surface area contributed by atoms with E-state index in [9.17, 15) is 4.79 Å². The lowest BCUT2D eigenvalue weighted by atomic mass is 10.0. The molecule has 1 atom stereocenters. The molecule has 1 heterocycles. The molecule has 2 aromatic rings. The molecule has 0 aliphatic carbocycles. The molecule has 94 valence electrons. The highest BCUT2D eigenvalue weighted by Crippen LogP contribution is 2.13. The van der Waals surface area contributed by atoms with Gasteiger partial charge in [0.15, 0.2) is 0 Å². The summed E-state index contributed by atoms with van der Waals surface area (Å²) in [6.07, 6.45) is 0. The van der Waals surface area contributed by atoms with E-state index >= 15 is 0 Å². The SMILES string of the molecule is Cc1cc(C(=O)NC[C@@H](C)c2ccccc2)on1. The smallest absolute Gasteiger partial charge is 0.289 e. The van der Waals surface area contributed by atoms with Gasteiger partial charge in [-0.2, -0.15) is 0 Å². The van der Waals surface area contributed by atoms with Gasteiger partial charge in [0.05, 0.1) is 5.69 Å². The van der Waals surface area contributed by atoms with E-state index in [1.54, 1.807) is 13.0 Å². The molecule has 0 spiro atoms. The van der Waals surface area contributed by atoms with Crippen LogP contribution in [0.4, 0.5) is 0 Å². The second-order valence-electron chi connectivity index (χ2n) is 4.35. The first kappa shape index (κ1) is 12.4. The highest BCUT2D eigenvalue weighted by Gasteiger charge is 2.13. The Bertz CT molecular complexity index is 520. The van der Waals surface area contributed by atoms with Crippen LogP contribution in [0.5, 0.6) is 0 Å². The van der Waals surface area contributed by atoms with Gasteiger partial charge in [-0.3, -0.25) is 4.79 Å². The normalized spacial score (nSPS) is 12.1. The zero-order valence-electron chi connectivity index (χ0n) is 10.5. The maximum Gasteiger partial charge on any atom is 0.289 e. The number of nitrogens with zero attached hydrogens (tertiary/aromatic N) is 1. The van der Waals surface area contributed by atoms with Crippen molar-refractivity contribution in [3.8, 4) is 0 Å². The van der Waals surface area contributed by atoms with Crippen molar-refractivity contribution in [2.75, 3.05) is 6.54 Å². The Balaban J connectivity index is 1.90. The van der Waals surface area contributed by atoms with Gasteiger partial charge in [0.1, 0.15) is 0 Å². The van der Waals surface area contributed by atoms with Crippen molar-refractivity contribution in [2.45, 2.75) is 19.8 Å². The third kappa shape index (κ3) is 2.97. The lowest BCUT2D eigenvalue weighted by molar-refractivity contribution is 0.0914. The molecule has 0 unspecified atom stereocenters. The molecule has 1 N–H and O–H groups in total. The Kier molecular flexibility index (Phi) is 3.77. The molecule has 0 fully saturated rings. The van der Waals surface area contributed by atoms with E-state index in [1.165, 1.54) is 5.56 Å². The van der Waals surface area contributed by atoms with Crippen molar-refractivity contribution in [3.05, 3.63) is 53.4 Å². The largest absolute Gasteiger partial charge is 0.351 e. The fraction of sp³-hybridized carbons (Fsp3) is 0.286. The van der Waals surface area contributed by atoms with Crippen molar-refractivity contribution in [2.24, 2.45) is 0 Å². The van der Waals surface area contributed by atoms with Crippen LogP contribution < -0.4 is 5.32 Å². The van der Waals surface area contributed by atoms with Crippen molar-refractivity contribution < 1.29 is 9.32 Å². The van der Waals surface area contributed by atoms with Crippen molar-refractivity contribution >= 4 is 5.91 Å². The number of aryl methyl sites for hydroxylation is 1. The standard InChI is InChI=1S/C14H16N2O2/c1-10(12-6-4-3-5-7-12)9-15-14(17)13-8-11(2)16-18-13/h3-8,10H,9H2,1-2H3,(H,15,17)/t10-/m1/s1. The predicted molar refractivity (Wildman–Crippen MR) is 68.4 cm³/mol. The summed E-state index contributed by atoms with van der Waals surface area (Å²) in [5, 5.41) is 6.52. The second kappa shape index (κ2) is 5.49. The van der Waals surface area contributed by atoms with Gasteiger partial charge >= 0.3 is 0 Å². The summed E-state index contributed by atoms with van der Waals surface area (Å²) in [5.74, 6) is 0.297. The lowest BCUT2D eigenvalue weighted by Gasteiger charge is -2.11. The summed E-state index contributed by atoms with van der Waals surface area (Å²) in [6.45, 7) is 4.43. The fourth-order valence-corrected chi connectivity index (χ4v) is 1.70. The molecule has 0 saturated heterocycles. The molecular weight excluding hydrogens is 228 g/mol. The quantitative estimate of drug-likeness (QED) is 0.899. The van der Waals surface area contributed by atoms with E-state index in [1.807, 2.05) is 18.2 Å². The summed E-state index contributed by atoms with van der Waals surface area (Å²) in [7, 11) is 0. The van der Waals surface area contributed by atoms with Crippen LogP contribution in [0.3, 0.4) is 0 Å². The number of carbonyl (C=O) groups is 1. The van der Waals surface area contributed by atoms with Crippen LogP contribution in [0.15, 0.2) is 40.9 Å². The number of benzene rings is 1. The minimum Gasteiger partial charge on any atom is -0.351 e. The highest BCUT2D eigenvalue weighted by molar-refractivity contribution is 5.91. The van der Waals surface area contributed by atoms with Gasteiger partial charge < -0.3 is 9.84 Å². The third-order valence-electron chi connectivity index (χ3n) is 2.79. The van der Waals surface area contributed by atoms with Gasteiger partial charge in [0.2, 0.25) is 5.76 Å². The first-order valence-corrected chi connectivity index (χ1v) is 5.93. The number of aromatic nitrogens is 1. The number of rotatable bonds is 4. The van der Waals surface area contributed by atoms with Crippen LogP contribution in [-0.4, -0.2) is 17.6 Å². The molecule has 4 heteroatoms. The first-order valence-electron chi connectivity index (χ1n) is 5.93. The van der Waals surface area contributed by atoms with Gasteiger partial charge in [0.25, 0.3) is 5.91 Å². The average molecular weight is 244 g/mol. The number of hydrogen-bond donors (Lipinski definition) is 1. The van der Waals surface area contributed by atoms with Crippen molar-refractivity contribution in [1.29, 1.82) is 0 Å². The number of nitrogens with one attached hydrogen (secondary N) is 1. The van der Waals surface area contributed by atoms with Gasteiger partial charge in [-0.05, 0) is 18.4 Å². The highest BCUT2D eigenvalue weighted by atomic mass is 16.5. The van der Waals surface area contributed by atoms with E-state index in [-0.39, 0.29) is 17.6 Å². The Morgan fingerprint density at radius 2 is 2.11 bits per heavy atom. The molecule has 18 heavy (non-hydrogen) atoms. The Hall–Kier alpha value is -2.10. The molecule has 0 aliphatic rings. The summed E-state index contributed by atoms with van der Waals surface area (Å²) >= 11 is 0. The minimum absolute atomic E-state index is 0.224. The van der Waals surface area contributed by atoms with Crippen molar-refractivity contribution in [3.63, 3.8) is 0 Å². The predicted octanol–water partition coefficient (Wildman–Crippen LogP) is 2.52. The first-order chi connectivity index (χ1) is 8.66. The van der Waals surface area contributed by atoms with Gasteiger partial charge in [-0.15, -0.1) is 0 Å². The van der Waals surface area contributed by atoms with Gasteiger partial charge in [-0.1, -0.05) is 42.4 Å². The summed E-state index contributed by atoms with van der Waals surface area (Å²) in [5.41, 5.74) is 1.91. The van der Waals surface area contributed by atoms with Crippen LogP contribution in [0, 0.1) is 6.92 Å². The number of hydrogen-bond acceptors (Lipinski definition) is 3. The molecule has 1 aromatic heterocycles. The summed E-state index contributed by atoms with van der Waals surface area (Å²) < 4.78 is 4.90. The molecule has 0 bridgehead atoms. The van der Waals surface area contributed by atoms with Crippen LogP contribution >= 0.6 is 0 Å². The van der Waals surface area contributed by atoms with Crippen molar-refractivity contribution in [1.82, 2.24) is 10.5 Å². The van der Waals surface area contributed by atoms with Crippen LogP contribution in [0.25, 0.3) is 0 Å². The molecule has 0 aliphatic heterocycles. The second-order valence-corrected chi connectivity index (χ2v) is 4.35. The zero-order valence-corrected chi connectivity index (χ0v) is 10.5. The molecule has 1 amide bonds. The van der Waals surface area contributed by atoms with Gasteiger partial charge in [0, 0.05) is 12.6 Å². The van der Waals surface area contributed by atoms with E-state index < -0.39 is 0 Å². The topological polar surface area (TPSA) is 55.1 Å². The molecular formula is C14H16N2O2. The Labute approximate surface area is 106 Å². The zero-order chi connectivity index (χ0) is 13.0. The number of carbonyl (C=O) groups excluding carboxylic acids is 1. The Morgan fingerprint density at radius 3 is 2.72 bits per heavy atom. The van der Waals surface area contributed by atoms with E-state index in [0.29, 0.717) is 12.2 Å². The third-order valence-corrected chi connectivity index (χ3v) is 2.79. The molecule has 0 saturated carbocycles. The number of amides is 1. The van der Waals surface area contributed by atoms with E-state index in [4.69, 9.17) is 4.52 Å². The summed E-state index contributed by atoms with van der Waals surface area (Å²) in [6, 6.07) is 11.7. The molecule has 4 nitrogen and oxygen atoms in total. The molecule has 0 radical (unpaired) electrons. The maximum atomic E-state index is 11.7. The molecule has 1 aromatic carbocycles. The lowest BCUT2D eigenvalue weighted by Crippen LogP contribution is -2.27. The van der Waals surface area contributed by atoms with Crippen LogP contribution in [0.1, 0.15) is 34.7 Å².